The van der Waals surface area contributed by atoms with Crippen LogP contribution in [0.15, 0.2) is 6.20 Å². The minimum Gasteiger partial charge on any atom is -0.476 e. The standard InChI is InChI=1S/C12H17N5O3/c1-3-6-16(7-4-2)12(20)13-5-8-17-9-10(11(18)19)14-15-17/h1,9H,4-8H2,2H3,(H,13,20)(H,18,19). The second kappa shape index (κ2) is 7.78. The molecule has 0 aliphatic rings. The number of nitrogens with one attached hydrogen (secondary N) is 1. The smallest absolute Gasteiger partial charge is 0.358 e. The molecule has 108 valence electrons. The Labute approximate surface area is 116 Å². The average molecular weight is 279 g/mol. The van der Waals surface area contributed by atoms with E-state index in [0.29, 0.717) is 19.6 Å². The first-order valence-corrected chi connectivity index (χ1v) is 6.18. The van der Waals surface area contributed by atoms with Crippen molar-refractivity contribution in [3.8, 4) is 12.3 Å². The molecule has 0 aliphatic carbocycles. The first-order valence-electron chi connectivity index (χ1n) is 6.18. The maximum atomic E-state index is 11.8. The van der Waals surface area contributed by atoms with Crippen molar-refractivity contribution in [2.75, 3.05) is 19.6 Å². The summed E-state index contributed by atoms with van der Waals surface area (Å²) < 4.78 is 1.36. The highest BCUT2D eigenvalue weighted by Gasteiger charge is 2.11. The summed E-state index contributed by atoms with van der Waals surface area (Å²) in [5.41, 5.74) is -0.128. The van der Waals surface area contributed by atoms with Crippen LogP contribution in [0.4, 0.5) is 4.79 Å². The molecule has 0 saturated carbocycles. The molecule has 8 heteroatoms. The maximum absolute atomic E-state index is 11.8. The van der Waals surface area contributed by atoms with Crippen molar-refractivity contribution in [2.24, 2.45) is 0 Å². The molecule has 0 atom stereocenters. The van der Waals surface area contributed by atoms with Crippen LogP contribution in [-0.2, 0) is 6.54 Å². The first kappa shape index (κ1) is 15.5. The third-order valence-electron chi connectivity index (χ3n) is 2.44. The number of carbonyl (C=O) groups excluding carboxylic acids is 1. The van der Waals surface area contributed by atoms with E-state index in [2.05, 4.69) is 21.5 Å². The number of urea groups is 1. The summed E-state index contributed by atoms with van der Waals surface area (Å²) in [5, 5.41) is 18.5. The van der Waals surface area contributed by atoms with Crippen molar-refractivity contribution in [1.82, 2.24) is 25.2 Å². The van der Waals surface area contributed by atoms with Crippen molar-refractivity contribution in [3.63, 3.8) is 0 Å². The molecule has 1 rings (SSSR count). The van der Waals surface area contributed by atoms with Crippen LogP contribution in [-0.4, -0.2) is 56.6 Å². The summed E-state index contributed by atoms with van der Waals surface area (Å²) in [6, 6.07) is -0.247. The van der Waals surface area contributed by atoms with Gasteiger partial charge in [0.2, 0.25) is 0 Å². The van der Waals surface area contributed by atoms with Gasteiger partial charge in [-0.25, -0.2) is 14.3 Å². The molecule has 2 N–H and O–H groups in total. The molecule has 0 saturated heterocycles. The highest BCUT2D eigenvalue weighted by molar-refractivity contribution is 5.84. The van der Waals surface area contributed by atoms with E-state index >= 15 is 0 Å². The molecule has 0 spiro atoms. The van der Waals surface area contributed by atoms with Crippen LogP contribution in [0.5, 0.6) is 0 Å². The lowest BCUT2D eigenvalue weighted by Crippen LogP contribution is -2.41. The Morgan fingerprint density at radius 1 is 1.60 bits per heavy atom. The highest BCUT2D eigenvalue weighted by atomic mass is 16.4. The molecular weight excluding hydrogens is 262 g/mol. The van der Waals surface area contributed by atoms with Gasteiger partial charge in [-0.2, -0.15) is 0 Å². The van der Waals surface area contributed by atoms with Gasteiger partial charge in [-0.1, -0.05) is 18.1 Å². The lowest BCUT2D eigenvalue weighted by molar-refractivity contribution is 0.0690. The molecule has 0 unspecified atom stereocenters. The van der Waals surface area contributed by atoms with Crippen LogP contribution < -0.4 is 5.32 Å². The van der Waals surface area contributed by atoms with Crippen LogP contribution >= 0.6 is 0 Å². The molecule has 2 amide bonds. The highest BCUT2D eigenvalue weighted by Crippen LogP contribution is 1.94. The van der Waals surface area contributed by atoms with Gasteiger partial charge in [0.15, 0.2) is 5.69 Å². The first-order chi connectivity index (χ1) is 9.58. The van der Waals surface area contributed by atoms with Gasteiger partial charge in [0.1, 0.15) is 0 Å². The molecule has 20 heavy (non-hydrogen) atoms. The fourth-order valence-electron chi connectivity index (χ4n) is 1.53. The Hall–Kier alpha value is -2.56. The summed E-state index contributed by atoms with van der Waals surface area (Å²) in [5.74, 6) is 1.29. The quantitative estimate of drug-likeness (QED) is 0.686. The van der Waals surface area contributed by atoms with E-state index in [4.69, 9.17) is 11.5 Å². The fraction of sp³-hybridized carbons (Fsp3) is 0.500. The zero-order valence-corrected chi connectivity index (χ0v) is 11.2. The molecule has 0 aliphatic heterocycles. The molecule has 0 fully saturated rings. The SMILES string of the molecule is C#CCN(CCC)C(=O)NCCn1cc(C(=O)O)nn1. The summed E-state index contributed by atoms with van der Waals surface area (Å²) in [7, 11) is 0. The number of carbonyl (C=O) groups is 2. The topological polar surface area (TPSA) is 100 Å². The largest absolute Gasteiger partial charge is 0.476 e. The molecule has 1 heterocycles. The number of nitrogens with zero attached hydrogens (tertiary/aromatic N) is 4. The van der Waals surface area contributed by atoms with Crippen LogP contribution in [0.25, 0.3) is 0 Å². The monoisotopic (exact) mass is 279 g/mol. The number of hydrogen-bond donors (Lipinski definition) is 2. The van der Waals surface area contributed by atoms with Gasteiger partial charge in [0, 0.05) is 13.1 Å². The molecular formula is C12H17N5O3. The Morgan fingerprint density at radius 2 is 2.35 bits per heavy atom. The molecule has 1 aromatic rings. The van der Waals surface area contributed by atoms with E-state index in [1.54, 1.807) is 0 Å². The van der Waals surface area contributed by atoms with Crippen LogP contribution in [0.3, 0.4) is 0 Å². The number of aromatic carboxylic acids is 1. The van der Waals surface area contributed by atoms with Crippen molar-refractivity contribution in [1.29, 1.82) is 0 Å². The van der Waals surface area contributed by atoms with E-state index in [9.17, 15) is 9.59 Å². The molecule has 8 nitrogen and oxygen atoms in total. The molecule has 0 aromatic carbocycles. The summed E-state index contributed by atoms with van der Waals surface area (Å²) in [4.78, 5) is 24.0. The van der Waals surface area contributed by atoms with Gasteiger partial charge in [-0.05, 0) is 6.42 Å². The minimum atomic E-state index is -1.14. The minimum absolute atomic E-state index is 0.128. The summed E-state index contributed by atoms with van der Waals surface area (Å²) in [6.45, 7) is 3.45. The predicted molar refractivity (Wildman–Crippen MR) is 71.1 cm³/mol. The Kier molecular flexibility index (Phi) is 6.03. The van der Waals surface area contributed by atoms with Crippen LogP contribution in [0.2, 0.25) is 0 Å². The number of terminal acetylenes is 1. The van der Waals surface area contributed by atoms with Crippen molar-refractivity contribution in [2.45, 2.75) is 19.9 Å². The summed E-state index contributed by atoms with van der Waals surface area (Å²) in [6.07, 6.45) is 7.32. The third kappa shape index (κ3) is 4.61. The van der Waals surface area contributed by atoms with E-state index in [1.165, 1.54) is 15.8 Å². The van der Waals surface area contributed by atoms with Crippen molar-refractivity contribution >= 4 is 12.0 Å². The van der Waals surface area contributed by atoms with E-state index < -0.39 is 5.97 Å². The number of carboxylic acids is 1. The predicted octanol–water partition coefficient (Wildman–Crippen LogP) is 0.0311. The average Bonchev–Trinajstić information content (AvgIpc) is 2.87. The third-order valence-corrected chi connectivity index (χ3v) is 2.44. The Bertz CT molecular complexity index is 505. The Morgan fingerprint density at radius 3 is 2.90 bits per heavy atom. The lowest BCUT2D eigenvalue weighted by atomic mass is 10.4. The van der Waals surface area contributed by atoms with Gasteiger partial charge < -0.3 is 15.3 Å². The normalized spacial score (nSPS) is 9.80. The number of hydrogen-bond acceptors (Lipinski definition) is 4. The number of rotatable bonds is 7. The summed E-state index contributed by atoms with van der Waals surface area (Å²) >= 11 is 0. The van der Waals surface area contributed by atoms with Crippen LogP contribution in [0.1, 0.15) is 23.8 Å². The second-order valence-corrected chi connectivity index (χ2v) is 4.03. The van der Waals surface area contributed by atoms with Gasteiger partial charge in [0.05, 0.1) is 19.3 Å². The molecule has 0 bridgehead atoms. The van der Waals surface area contributed by atoms with Crippen molar-refractivity contribution in [3.05, 3.63) is 11.9 Å². The van der Waals surface area contributed by atoms with E-state index in [-0.39, 0.29) is 18.3 Å². The van der Waals surface area contributed by atoms with E-state index in [0.717, 1.165) is 6.42 Å². The second-order valence-electron chi connectivity index (χ2n) is 4.03. The maximum Gasteiger partial charge on any atom is 0.358 e. The zero-order valence-electron chi connectivity index (χ0n) is 11.2. The van der Waals surface area contributed by atoms with Crippen LogP contribution in [0, 0.1) is 12.3 Å². The number of amides is 2. The fourth-order valence-corrected chi connectivity index (χ4v) is 1.53. The lowest BCUT2D eigenvalue weighted by Gasteiger charge is -2.19. The van der Waals surface area contributed by atoms with E-state index in [1.807, 2.05) is 6.92 Å². The zero-order chi connectivity index (χ0) is 15.0. The molecule has 1 aromatic heterocycles. The van der Waals surface area contributed by atoms with Gasteiger partial charge >= 0.3 is 12.0 Å². The van der Waals surface area contributed by atoms with Gasteiger partial charge in [-0.3, -0.25) is 0 Å². The number of aromatic nitrogens is 3. The molecule has 0 radical (unpaired) electrons. The Balaban J connectivity index is 2.40. The van der Waals surface area contributed by atoms with Gasteiger partial charge in [0.25, 0.3) is 0 Å². The van der Waals surface area contributed by atoms with Gasteiger partial charge in [-0.15, -0.1) is 11.5 Å². The van der Waals surface area contributed by atoms with Crippen molar-refractivity contribution < 1.29 is 14.7 Å². The number of carboxylic acid groups (broad SMARTS) is 1.